The molecule has 5 rings (SSSR count). The summed E-state index contributed by atoms with van der Waals surface area (Å²) in [6, 6.07) is 22.1. The molecule has 176 valence electrons. The molecule has 0 unspecified atom stereocenters. The average molecular weight is 466 g/mol. The van der Waals surface area contributed by atoms with E-state index < -0.39 is 0 Å². The van der Waals surface area contributed by atoms with E-state index in [0.717, 1.165) is 52.9 Å². The van der Waals surface area contributed by atoms with Crippen molar-refractivity contribution < 1.29 is 0 Å². The zero-order chi connectivity index (χ0) is 24.0. The number of hydrogen-bond acceptors (Lipinski definition) is 5. The van der Waals surface area contributed by atoms with Gasteiger partial charge in [-0.05, 0) is 52.9 Å². The van der Waals surface area contributed by atoms with Crippen LogP contribution >= 0.6 is 0 Å². The molecule has 0 aliphatic carbocycles. The molecule has 0 aliphatic rings. The van der Waals surface area contributed by atoms with Gasteiger partial charge in [-0.15, -0.1) is 10.2 Å². The van der Waals surface area contributed by atoms with E-state index in [1.807, 2.05) is 77.5 Å². The van der Waals surface area contributed by atoms with Crippen LogP contribution < -0.4 is 5.69 Å². The Labute approximate surface area is 203 Å². The van der Waals surface area contributed by atoms with E-state index in [1.165, 1.54) is 0 Å². The average Bonchev–Trinajstić information content (AvgIpc) is 3.54. The van der Waals surface area contributed by atoms with Gasteiger partial charge in [0.25, 0.3) is 0 Å². The fourth-order valence-corrected chi connectivity index (χ4v) is 4.23. The summed E-state index contributed by atoms with van der Waals surface area (Å²) in [4.78, 5) is 17.9. The maximum absolute atomic E-state index is 13.4. The van der Waals surface area contributed by atoms with E-state index >= 15 is 0 Å². The number of imidazole rings is 1. The normalized spacial score (nSPS) is 11.1. The van der Waals surface area contributed by atoms with E-state index in [4.69, 9.17) is 0 Å². The van der Waals surface area contributed by atoms with Crippen molar-refractivity contribution in [1.82, 2.24) is 34.7 Å². The number of tetrazole rings is 1. The van der Waals surface area contributed by atoms with Gasteiger partial charge in [0.1, 0.15) is 0 Å². The molecule has 0 radical (unpaired) electrons. The Bertz CT molecular complexity index is 1450. The minimum atomic E-state index is -0.00809. The fourth-order valence-electron chi connectivity index (χ4n) is 4.23. The van der Waals surface area contributed by atoms with Crippen molar-refractivity contribution in [3.8, 4) is 22.5 Å². The van der Waals surface area contributed by atoms with Gasteiger partial charge in [0, 0.05) is 23.7 Å². The molecular weight excluding hydrogens is 438 g/mol. The molecule has 1 N–H and O–H groups in total. The van der Waals surface area contributed by atoms with E-state index in [-0.39, 0.29) is 5.69 Å². The Hall–Kier alpha value is -4.33. The van der Waals surface area contributed by atoms with Gasteiger partial charge in [-0.3, -0.25) is 14.1 Å². The second-order valence-electron chi connectivity index (χ2n) is 8.56. The Morgan fingerprint density at radius 3 is 2.54 bits per heavy atom. The summed E-state index contributed by atoms with van der Waals surface area (Å²) < 4.78 is 3.67. The molecular formula is C27H27N7O. The van der Waals surface area contributed by atoms with E-state index in [1.54, 1.807) is 10.8 Å². The van der Waals surface area contributed by atoms with Crippen molar-refractivity contribution in [1.29, 1.82) is 0 Å². The fraction of sp³-hybridized carbons (Fsp3) is 0.222. The number of H-pyrrole nitrogens is 1. The summed E-state index contributed by atoms with van der Waals surface area (Å²) in [5.41, 5.74) is 5.90. The molecule has 0 spiro atoms. The number of aromatic amines is 1. The number of unbranched alkanes of at least 4 members (excludes halogenated alkanes) is 1. The molecule has 0 atom stereocenters. The standard InChI is InChI=1S/C27H27N7O/c1-2-3-12-25-19-33(17-20-8-5-4-6-9-20)27(35)34(25)18-24-16-22(13-14-28-24)21-10-7-11-23(15-21)26-29-31-32-30-26/h4-11,13-16,19H,2-3,12,17-18H2,1H3,(H,29,30,31,32). The molecule has 8 heteroatoms. The third kappa shape index (κ3) is 5.11. The van der Waals surface area contributed by atoms with Crippen molar-refractivity contribution in [2.75, 3.05) is 0 Å². The maximum atomic E-state index is 13.4. The third-order valence-electron chi connectivity index (χ3n) is 6.05. The monoisotopic (exact) mass is 465 g/mol. The van der Waals surface area contributed by atoms with Crippen LogP contribution in [0.2, 0.25) is 0 Å². The van der Waals surface area contributed by atoms with E-state index in [2.05, 4.69) is 32.5 Å². The molecule has 8 nitrogen and oxygen atoms in total. The highest BCUT2D eigenvalue weighted by molar-refractivity contribution is 5.70. The van der Waals surface area contributed by atoms with Crippen molar-refractivity contribution in [3.05, 3.63) is 107 Å². The summed E-state index contributed by atoms with van der Waals surface area (Å²) >= 11 is 0. The first-order chi connectivity index (χ1) is 17.2. The minimum Gasteiger partial charge on any atom is -0.295 e. The van der Waals surface area contributed by atoms with Crippen molar-refractivity contribution >= 4 is 0 Å². The highest BCUT2D eigenvalue weighted by atomic mass is 16.1. The van der Waals surface area contributed by atoms with Crippen LogP contribution in [0.3, 0.4) is 0 Å². The number of nitrogens with one attached hydrogen (secondary N) is 1. The second kappa shape index (κ2) is 10.3. The van der Waals surface area contributed by atoms with Crippen LogP contribution in [0.25, 0.3) is 22.5 Å². The molecule has 0 bridgehead atoms. The van der Waals surface area contributed by atoms with Crippen molar-refractivity contribution in [2.45, 2.75) is 39.3 Å². The molecule has 0 saturated carbocycles. The molecule has 2 aromatic carbocycles. The summed E-state index contributed by atoms with van der Waals surface area (Å²) in [5, 5.41) is 14.3. The van der Waals surface area contributed by atoms with Gasteiger partial charge >= 0.3 is 5.69 Å². The Morgan fingerprint density at radius 2 is 1.74 bits per heavy atom. The van der Waals surface area contributed by atoms with Crippen molar-refractivity contribution in [2.24, 2.45) is 0 Å². The number of nitrogens with zero attached hydrogens (tertiary/aromatic N) is 6. The molecule has 0 saturated heterocycles. The summed E-state index contributed by atoms with van der Waals surface area (Å²) in [7, 11) is 0. The van der Waals surface area contributed by atoms with Crippen LogP contribution in [0, 0.1) is 0 Å². The van der Waals surface area contributed by atoms with Crippen LogP contribution in [0.4, 0.5) is 0 Å². The molecule has 5 aromatic rings. The number of aromatic nitrogens is 7. The van der Waals surface area contributed by atoms with Crippen LogP contribution in [0.15, 0.2) is 83.9 Å². The summed E-state index contributed by atoms with van der Waals surface area (Å²) in [6.07, 6.45) is 6.76. The number of hydrogen-bond donors (Lipinski definition) is 1. The summed E-state index contributed by atoms with van der Waals surface area (Å²) in [5.74, 6) is 0.549. The molecule has 35 heavy (non-hydrogen) atoms. The Balaban J connectivity index is 1.45. The lowest BCUT2D eigenvalue weighted by atomic mass is 10.0. The van der Waals surface area contributed by atoms with Gasteiger partial charge in [0.15, 0.2) is 0 Å². The largest absolute Gasteiger partial charge is 0.329 e. The van der Waals surface area contributed by atoms with Gasteiger partial charge in [0.2, 0.25) is 5.82 Å². The smallest absolute Gasteiger partial charge is 0.295 e. The molecule has 3 aromatic heterocycles. The van der Waals surface area contributed by atoms with E-state index in [0.29, 0.717) is 18.9 Å². The van der Waals surface area contributed by atoms with Crippen molar-refractivity contribution in [3.63, 3.8) is 0 Å². The predicted octanol–water partition coefficient (Wildman–Crippen LogP) is 4.33. The van der Waals surface area contributed by atoms with Gasteiger partial charge < -0.3 is 0 Å². The number of pyridine rings is 1. The summed E-state index contributed by atoms with van der Waals surface area (Å²) in [6.45, 7) is 3.15. The topological polar surface area (TPSA) is 94.3 Å². The number of benzene rings is 2. The Morgan fingerprint density at radius 1 is 0.914 bits per heavy atom. The maximum Gasteiger partial charge on any atom is 0.329 e. The molecule has 0 amide bonds. The Kier molecular flexibility index (Phi) is 6.61. The molecule has 3 heterocycles. The number of rotatable bonds is 9. The first kappa shape index (κ1) is 22.5. The van der Waals surface area contributed by atoms with Crippen LogP contribution in [0.5, 0.6) is 0 Å². The van der Waals surface area contributed by atoms with E-state index in [9.17, 15) is 4.79 Å². The number of aryl methyl sites for hydroxylation is 1. The molecule has 0 fully saturated rings. The highest BCUT2D eigenvalue weighted by Crippen LogP contribution is 2.24. The minimum absolute atomic E-state index is 0.00809. The predicted molar refractivity (Wildman–Crippen MR) is 135 cm³/mol. The molecule has 0 aliphatic heterocycles. The zero-order valence-electron chi connectivity index (χ0n) is 19.6. The lowest BCUT2D eigenvalue weighted by molar-refractivity contribution is 0.647. The second-order valence-corrected chi connectivity index (χ2v) is 8.56. The SMILES string of the molecule is CCCCc1cn(Cc2ccccc2)c(=O)n1Cc1cc(-c2cccc(-c3nn[nH]n3)c2)ccn1. The van der Waals surface area contributed by atoms with Crippen LogP contribution in [-0.2, 0) is 19.5 Å². The van der Waals surface area contributed by atoms with Crippen LogP contribution in [0.1, 0.15) is 36.7 Å². The quantitative estimate of drug-likeness (QED) is 0.350. The lowest BCUT2D eigenvalue weighted by Gasteiger charge is -2.09. The van der Waals surface area contributed by atoms with Gasteiger partial charge in [0.05, 0.1) is 18.8 Å². The van der Waals surface area contributed by atoms with Crippen LogP contribution in [-0.4, -0.2) is 34.7 Å². The van der Waals surface area contributed by atoms with Gasteiger partial charge in [-0.25, -0.2) is 4.79 Å². The lowest BCUT2D eigenvalue weighted by Crippen LogP contribution is -2.26. The first-order valence-electron chi connectivity index (χ1n) is 11.8. The highest BCUT2D eigenvalue weighted by Gasteiger charge is 2.13. The third-order valence-corrected chi connectivity index (χ3v) is 6.05. The van der Waals surface area contributed by atoms with Gasteiger partial charge in [-0.1, -0.05) is 61.9 Å². The van der Waals surface area contributed by atoms with Gasteiger partial charge in [-0.2, -0.15) is 5.21 Å². The first-order valence-corrected chi connectivity index (χ1v) is 11.8. The zero-order valence-corrected chi connectivity index (χ0v) is 19.6.